The maximum atomic E-state index is 13.3. The summed E-state index contributed by atoms with van der Waals surface area (Å²) in [6.07, 6.45) is 0. The lowest BCUT2D eigenvalue weighted by Gasteiger charge is -2.18. The van der Waals surface area contributed by atoms with Crippen molar-refractivity contribution < 1.29 is 24.1 Å². The summed E-state index contributed by atoms with van der Waals surface area (Å²) in [5.41, 5.74) is -0.654. The molecule has 0 spiro atoms. The lowest BCUT2D eigenvalue weighted by molar-refractivity contribution is 0.103. The highest BCUT2D eigenvalue weighted by Crippen LogP contribution is 2.39. The van der Waals surface area contributed by atoms with Crippen molar-refractivity contribution in [3.05, 3.63) is 44.7 Å². The average molecular weight is 400 g/mol. The number of ether oxygens (including phenoxy) is 3. The monoisotopic (exact) mass is 400 g/mol. The van der Waals surface area contributed by atoms with Gasteiger partial charge in [0.2, 0.25) is 11.6 Å². The molecule has 8 heteroatoms. The fourth-order valence-corrected chi connectivity index (χ4v) is 3.11. The SMILES string of the molecule is COc1cc(C(=O)c2c(C)c(C#N)c(=O)n(CC(C)C)c2O)cc(OC)c1OC. The molecule has 2 aromatic rings. The second-order valence-electron chi connectivity index (χ2n) is 6.86. The Hall–Kier alpha value is -3.47. The number of carbonyl (C=O) groups is 1. The van der Waals surface area contributed by atoms with Crippen LogP contribution < -0.4 is 19.8 Å². The smallest absolute Gasteiger partial charge is 0.271 e. The molecule has 0 radical (unpaired) electrons. The number of methoxy groups -OCH3 is 3. The number of hydrogen-bond acceptors (Lipinski definition) is 7. The molecular weight excluding hydrogens is 376 g/mol. The van der Waals surface area contributed by atoms with E-state index in [9.17, 15) is 20.0 Å². The van der Waals surface area contributed by atoms with Crippen LogP contribution in [0.15, 0.2) is 16.9 Å². The van der Waals surface area contributed by atoms with Crippen LogP contribution in [0.5, 0.6) is 23.1 Å². The summed E-state index contributed by atoms with van der Waals surface area (Å²) in [5.74, 6) is -0.189. The molecule has 1 heterocycles. The maximum absolute atomic E-state index is 13.3. The molecule has 2 rings (SSSR count). The van der Waals surface area contributed by atoms with E-state index in [2.05, 4.69) is 0 Å². The van der Waals surface area contributed by atoms with E-state index in [4.69, 9.17) is 14.2 Å². The first-order valence-corrected chi connectivity index (χ1v) is 8.92. The lowest BCUT2D eigenvalue weighted by atomic mass is 9.96. The highest BCUT2D eigenvalue weighted by atomic mass is 16.5. The zero-order valence-electron chi connectivity index (χ0n) is 17.3. The van der Waals surface area contributed by atoms with Gasteiger partial charge in [0.25, 0.3) is 5.56 Å². The third-order valence-electron chi connectivity index (χ3n) is 4.50. The zero-order chi connectivity index (χ0) is 21.9. The van der Waals surface area contributed by atoms with Gasteiger partial charge in [0.1, 0.15) is 11.6 Å². The minimum absolute atomic E-state index is 0.0111. The molecule has 1 N–H and O–H groups in total. The van der Waals surface area contributed by atoms with Crippen LogP contribution in [-0.2, 0) is 6.54 Å². The number of ketones is 1. The molecule has 1 aromatic heterocycles. The van der Waals surface area contributed by atoms with Gasteiger partial charge in [-0.05, 0) is 30.5 Å². The van der Waals surface area contributed by atoms with Crippen molar-refractivity contribution in [2.75, 3.05) is 21.3 Å². The fraction of sp³-hybridized carbons (Fsp3) is 0.381. The Morgan fingerprint density at radius 2 is 1.72 bits per heavy atom. The number of nitrogens with zero attached hydrogens (tertiary/aromatic N) is 2. The molecule has 0 saturated heterocycles. The van der Waals surface area contributed by atoms with Crippen LogP contribution in [0.3, 0.4) is 0 Å². The number of benzene rings is 1. The molecule has 0 amide bonds. The Bertz CT molecular complexity index is 1020. The van der Waals surface area contributed by atoms with Gasteiger partial charge in [0.05, 0.1) is 26.9 Å². The van der Waals surface area contributed by atoms with Crippen molar-refractivity contribution in [3.63, 3.8) is 0 Å². The number of carbonyl (C=O) groups excluding carboxylic acids is 1. The molecule has 1 aromatic carbocycles. The summed E-state index contributed by atoms with van der Waals surface area (Å²) >= 11 is 0. The molecule has 0 saturated carbocycles. The first kappa shape index (κ1) is 21.8. The van der Waals surface area contributed by atoms with Crippen molar-refractivity contribution >= 4 is 5.78 Å². The van der Waals surface area contributed by atoms with Crippen LogP contribution in [0.25, 0.3) is 0 Å². The number of rotatable bonds is 7. The summed E-state index contributed by atoms with van der Waals surface area (Å²) in [5, 5.41) is 20.2. The summed E-state index contributed by atoms with van der Waals surface area (Å²) in [6.45, 7) is 5.34. The number of aromatic hydroxyl groups is 1. The standard InChI is InChI=1S/C21H24N2O6/c1-11(2)10-23-20(25)14(9-22)12(3)17(21(23)26)18(24)13-7-15(27-4)19(29-6)16(8-13)28-5/h7-8,11,26H,10H2,1-6H3. The average Bonchev–Trinajstić information content (AvgIpc) is 2.69. The van der Waals surface area contributed by atoms with Crippen LogP contribution in [0.4, 0.5) is 0 Å². The zero-order valence-corrected chi connectivity index (χ0v) is 17.3. The van der Waals surface area contributed by atoms with Crippen molar-refractivity contribution in [3.8, 4) is 29.2 Å². The van der Waals surface area contributed by atoms with Gasteiger partial charge in [-0.1, -0.05) is 13.8 Å². The number of nitriles is 1. The van der Waals surface area contributed by atoms with Crippen molar-refractivity contribution in [2.24, 2.45) is 5.92 Å². The second kappa shape index (κ2) is 8.69. The van der Waals surface area contributed by atoms with Gasteiger partial charge < -0.3 is 19.3 Å². The minimum Gasteiger partial charge on any atom is -0.494 e. The topological polar surface area (TPSA) is 111 Å². The van der Waals surface area contributed by atoms with Gasteiger partial charge in [-0.15, -0.1) is 0 Å². The van der Waals surface area contributed by atoms with E-state index < -0.39 is 17.2 Å². The van der Waals surface area contributed by atoms with E-state index in [1.165, 1.54) is 40.4 Å². The van der Waals surface area contributed by atoms with E-state index in [0.29, 0.717) is 5.75 Å². The van der Waals surface area contributed by atoms with Gasteiger partial charge in [0.15, 0.2) is 17.3 Å². The molecule has 0 aliphatic rings. The molecular formula is C21H24N2O6. The molecule has 154 valence electrons. The van der Waals surface area contributed by atoms with E-state index in [0.717, 1.165) is 4.57 Å². The first-order chi connectivity index (χ1) is 13.7. The first-order valence-electron chi connectivity index (χ1n) is 8.92. The third kappa shape index (κ3) is 3.90. The fourth-order valence-electron chi connectivity index (χ4n) is 3.11. The normalized spacial score (nSPS) is 10.6. The number of aromatic nitrogens is 1. The molecule has 8 nitrogen and oxygen atoms in total. The molecule has 29 heavy (non-hydrogen) atoms. The molecule has 0 atom stereocenters. The van der Waals surface area contributed by atoms with Gasteiger partial charge in [-0.3, -0.25) is 14.2 Å². The second-order valence-corrected chi connectivity index (χ2v) is 6.86. The van der Waals surface area contributed by atoms with E-state index in [-0.39, 0.29) is 46.2 Å². The minimum atomic E-state index is -0.627. The molecule has 0 bridgehead atoms. The summed E-state index contributed by atoms with van der Waals surface area (Å²) in [7, 11) is 4.29. The van der Waals surface area contributed by atoms with Gasteiger partial charge in [-0.2, -0.15) is 5.26 Å². The predicted molar refractivity (Wildman–Crippen MR) is 106 cm³/mol. The van der Waals surface area contributed by atoms with E-state index >= 15 is 0 Å². The molecule has 0 aliphatic carbocycles. The Balaban J connectivity index is 2.80. The Kier molecular flexibility index (Phi) is 6.54. The van der Waals surface area contributed by atoms with Crippen LogP contribution in [0.1, 0.15) is 40.9 Å². The van der Waals surface area contributed by atoms with Crippen LogP contribution in [0.2, 0.25) is 0 Å². The number of hydrogen-bond donors (Lipinski definition) is 1. The molecule has 0 unspecified atom stereocenters. The van der Waals surface area contributed by atoms with E-state index in [1.807, 2.05) is 19.9 Å². The third-order valence-corrected chi connectivity index (χ3v) is 4.50. The van der Waals surface area contributed by atoms with Gasteiger partial charge >= 0.3 is 0 Å². The van der Waals surface area contributed by atoms with Crippen molar-refractivity contribution in [2.45, 2.75) is 27.3 Å². The molecule has 0 fully saturated rings. The van der Waals surface area contributed by atoms with Gasteiger partial charge in [-0.25, -0.2) is 0 Å². The van der Waals surface area contributed by atoms with Crippen LogP contribution >= 0.6 is 0 Å². The number of pyridine rings is 1. The lowest BCUT2D eigenvalue weighted by Crippen LogP contribution is -2.28. The van der Waals surface area contributed by atoms with Crippen LogP contribution in [0, 0.1) is 24.2 Å². The summed E-state index contributed by atoms with van der Waals surface area (Å²) < 4.78 is 16.9. The van der Waals surface area contributed by atoms with Crippen molar-refractivity contribution in [1.29, 1.82) is 5.26 Å². The highest BCUT2D eigenvalue weighted by molar-refractivity contribution is 6.12. The van der Waals surface area contributed by atoms with Gasteiger partial charge in [0, 0.05) is 12.1 Å². The Labute approximate surface area is 168 Å². The van der Waals surface area contributed by atoms with Crippen molar-refractivity contribution in [1.82, 2.24) is 4.57 Å². The Morgan fingerprint density at radius 3 is 2.14 bits per heavy atom. The van der Waals surface area contributed by atoms with E-state index in [1.54, 1.807) is 0 Å². The summed E-state index contributed by atoms with van der Waals surface area (Å²) in [6, 6.07) is 4.75. The maximum Gasteiger partial charge on any atom is 0.271 e. The Morgan fingerprint density at radius 1 is 1.17 bits per heavy atom. The quantitative estimate of drug-likeness (QED) is 0.711. The highest BCUT2D eigenvalue weighted by Gasteiger charge is 2.27. The predicted octanol–water partition coefficient (Wildman–Crippen LogP) is 2.65. The molecule has 0 aliphatic heterocycles. The largest absolute Gasteiger partial charge is 0.494 e. The summed E-state index contributed by atoms with van der Waals surface area (Å²) in [4.78, 5) is 25.9. The van der Waals surface area contributed by atoms with Crippen LogP contribution in [-0.4, -0.2) is 36.8 Å².